The molecule has 174 valence electrons. The van der Waals surface area contributed by atoms with Gasteiger partial charge in [-0.1, -0.05) is 38.1 Å². The van der Waals surface area contributed by atoms with E-state index in [0.717, 1.165) is 10.5 Å². The second kappa shape index (κ2) is 8.77. The van der Waals surface area contributed by atoms with Crippen LogP contribution in [0.15, 0.2) is 47.1 Å². The highest BCUT2D eigenvalue weighted by atomic mass is 19.1. The molecule has 0 N–H and O–H groups in total. The number of anilines is 1. The summed E-state index contributed by atoms with van der Waals surface area (Å²) in [4.78, 5) is 31.2. The quantitative estimate of drug-likeness (QED) is 0.479. The van der Waals surface area contributed by atoms with E-state index in [0.29, 0.717) is 11.3 Å². The van der Waals surface area contributed by atoms with E-state index in [1.165, 1.54) is 0 Å². The summed E-state index contributed by atoms with van der Waals surface area (Å²) in [7, 11) is 0. The zero-order valence-corrected chi connectivity index (χ0v) is 19.9. The van der Waals surface area contributed by atoms with E-state index in [1.807, 2.05) is 32.9 Å². The molecule has 2 aromatic heterocycles. The molecule has 0 radical (unpaired) electrons. The van der Waals surface area contributed by atoms with Crippen molar-refractivity contribution in [2.45, 2.75) is 59.5 Å². The third-order valence-corrected chi connectivity index (χ3v) is 4.86. The lowest BCUT2D eigenvalue weighted by Gasteiger charge is -2.26. The van der Waals surface area contributed by atoms with Gasteiger partial charge in [0, 0.05) is 17.5 Å². The molecular weight excluding hydrogens is 425 g/mol. The fourth-order valence-corrected chi connectivity index (χ4v) is 3.13. The predicted molar refractivity (Wildman–Crippen MR) is 123 cm³/mol. The van der Waals surface area contributed by atoms with Gasteiger partial charge in [-0.3, -0.25) is 9.78 Å². The molecule has 0 bridgehead atoms. The van der Waals surface area contributed by atoms with E-state index in [9.17, 15) is 9.59 Å². The van der Waals surface area contributed by atoms with Crippen LogP contribution in [0.1, 0.15) is 63.3 Å². The number of rotatable bonds is 3. The molecule has 7 nitrogen and oxygen atoms in total. The lowest BCUT2D eigenvalue weighted by atomic mass is 9.87. The minimum Gasteiger partial charge on any atom is -0.443 e. The summed E-state index contributed by atoms with van der Waals surface area (Å²) in [6.07, 6.45) is 0.613. The van der Waals surface area contributed by atoms with E-state index >= 15 is 4.39 Å². The molecular formula is C25H28FN3O4. The first-order valence-corrected chi connectivity index (χ1v) is 10.5. The smallest absolute Gasteiger partial charge is 0.422 e. The van der Waals surface area contributed by atoms with Gasteiger partial charge in [-0.2, -0.15) is 4.39 Å². The summed E-state index contributed by atoms with van der Waals surface area (Å²) in [5, 5.41) is 3.64. The number of hydrogen-bond acceptors (Lipinski definition) is 6. The van der Waals surface area contributed by atoms with Crippen LogP contribution in [0.3, 0.4) is 0 Å². The highest BCUT2D eigenvalue weighted by Crippen LogP contribution is 2.30. The van der Waals surface area contributed by atoms with Gasteiger partial charge in [-0.15, -0.1) is 0 Å². The van der Waals surface area contributed by atoms with Gasteiger partial charge < -0.3 is 9.26 Å². The minimum absolute atomic E-state index is 0.131. The molecule has 0 saturated carbocycles. The Hall–Kier alpha value is -3.55. The number of halogens is 1. The first-order valence-electron chi connectivity index (χ1n) is 10.5. The highest BCUT2D eigenvalue weighted by Gasteiger charge is 2.35. The van der Waals surface area contributed by atoms with Crippen LogP contribution in [0, 0.1) is 12.7 Å². The van der Waals surface area contributed by atoms with Gasteiger partial charge in [-0.25, -0.2) is 9.69 Å². The zero-order chi connectivity index (χ0) is 24.6. The van der Waals surface area contributed by atoms with Crippen LogP contribution in [0.5, 0.6) is 0 Å². The number of nitrogens with zero attached hydrogens (tertiary/aromatic N) is 3. The second-order valence-electron chi connectivity index (χ2n) is 9.73. The maximum atomic E-state index is 15.3. The number of carbonyl (C=O) groups is 2. The molecule has 0 atom stereocenters. The fourth-order valence-electron chi connectivity index (χ4n) is 3.13. The standard InChI is InChI=1S/C25H28FN3O4/c1-15-18(9-8-14-27-15)21-19(26)20(28-33-21)22(30)29(23(31)32-25(5,6)7)17-12-10-16(11-13-17)24(2,3)4/h8-14H,1-7H3. The molecule has 8 heteroatoms. The van der Waals surface area contributed by atoms with Crippen molar-refractivity contribution in [3.8, 4) is 11.3 Å². The molecule has 3 rings (SSSR count). The molecule has 2 amide bonds. The van der Waals surface area contributed by atoms with Crippen molar-refractivity contribution in [2.24, 2.45) is 0 Å². The Balaban J connectivity index is 2.05. The van der Waals surface area contributed by atoms with Gasteiger partial charge in [-0.05, 0) is 62.9 Å². The number of imide groups is 1. The minimum atomic E-state index is -0.998. The number of aromatic nitrogens is 2. The van der Waals surface area contributed by atoms with Crippen molar-refractivity contribution in [2.75, 3.05) is 4.90 Å². The Bertz CT molecular complexity index is 1170. The SMILES string of the molecule is Cc1ncccc1-c1onc(C(=O)N(C(=O)OC(C)(C)C)c2ccc(C(C)(C)C)cc2)c1F. The van der Waals surface area contributed by atoms with Crippen molar-refractivity contribution < 1.29 is 23.2 Å². The Labute approximate surface area is 192 Å². The topological polar surface area (TPSA) is 85.5 Å². The predicted octanol–water partition coefficient (Wildman–Crippen LogP) is 6.06. The van der Waals surface area contributed by atoms with Crippen molar-refractivity contribution >= 4 is 17.7 Å². The molecule has 0 saturated heterocycles. The Morgan fingerprint density at radius 1 is 1.03 bits per heavy atom. The molecule has 3 aromatic rings. The summed E-state index contributed by atoms with van der Waals surface area (Å²) >= 11 is 0. The normalized spacial score (nSPS) is 11.9. The van der Waals surface area contributed by atoms with Crippen molar-refractivity contribution in [1.29, 1.82) is 0 Å². The zero-order valence-electron chi connectivity index (χ0n) is 19.9. The molecule has 0 aliphatic rings. The number of hydrogen-bond donors (Lipinski definition) is 0. The molecule has 1 aromatic carbocycles. The van der Waals surface area contributed by atoms with Crippen molar-refractivity contribution in [3.05, 3.63) is 65.4 Å². The molecule has 0 aliphatic heterocycles. The molecule has 0 unspecified atom stereocenters. The summed E-state index contributed by atoms with van der Waals surface area (Å²) < 4.78 is 25.8. The summed E-state index contributed by atoms with van der Waals surface area (Å²) in [6, 6.07) is 10.1. The number of ether oxygens (including phenoxy) is 1. The van der Waals surface area contributed by atoms with E-state index in [4.69, 9.17) is 9.26 Å². The van der Waals surface area contributed by atoms with Crippen LogP contribution in [-0.4, -0.2) is 27.7 Å². The third-order valence-electron chi connectivity index (χ3n) is 4.86. The number of pyridine rings is 1. The van der Waals surface area contributed by atoms with Gasteiger partial charge in [0.25, 0.3) is 5.91 Å². The van der Waals surface area contributed by atoms with Crippen molar-refractivity contribution in [3.63, 3.8) is 0 Å². The Morgan fingerprint density at radius 2 is 1.67 bits per heavy atom. The van der Waals surface area contributed by atoms with Gasteiger partial charge >= 0.3 is 6.09 Å². The van der Waals surface area contributed by atoms with Crippen LogP contribution in [-0.2, 0) is 10.2 Å². The van der Waals surface area contributed by atoms with Crippen molar-refractivity contribution in [1.82, 2.24) is 10.1 Å². The maximum absolute atomic E-state index is 15.3. The average molecular weight is 454 g/mol. The van der Waals surface area contributed by atoms with Gasteiger partial charge in [0.05, 0.1) is 5.69 Å². The number of benzene rings is 1. The Kier molecular flexibility index (Phi) is 6.40. The van der Waals surface area contributed by atoms with Gasteiger partial charge in [0.15, 0.2) is 0 Å². The maximum Gasteiger partial charge on any atom is 0.422 e. The van der Waals surface area contributed by atoms with Gasteiger partial charge in [0.1, 0.15) is 5.60 Å². The molecule has 33 heavy (non-hydrogen) atoms. The molecule has 0 spiro atoms. The Morgan fingerprint density at radius 3 is 2.21 bits per heavy atom. The summed E-state index contributed by atoms with van der Waals surface area (Å²) in [5.74, 6) is -2.20. The lowest BCUT2D eigenvalue weighted by Crippen LogP contribution is -2.41. The number of amides is 2. The second-order valence-corrected chi connectivity index (χ2v) is 9.73. The fraction of sp³-hybridized carbons (Fsp3) is 0.360. The monoisotopic (exact) mass is 453 g/mol. The highest BCUT2D eigenvalue weighted by molar-refractivity contribution is 6.18. The largest absolute Gasteiger partial charge is 0.443 e. The van der Waals surface area contributed by atoms with Crippen LogP contribution in [0.2, 0.25) is 0 Å². The molecule has 0 aliphatic carbocycles. The van der Waals surface area contributed by atoms with Crippen LogP contribution < -0.4 is 4.90 Å². The van der Waals surface area contributed by atoms with Crippen LogP contribution in [0.25, 0.3) is 11.3 Å². The van der Waals surface area contributed by atoms with Crippen LogP contribution in [0.4, 0.5) is 14.9 Å². The van der Waals surface area contributed by atoms with Crippen LogP contribution >= 0.6 is 0 Å². The third kappa shape index (κ3) is 5.27. The first kappa shape index (κ1) is 24.1. The number of carbonyl (C=O) groups excluding carboxylic acids is 2. The van der Waals surface area contributed by atoms with E-state index in [2.05, 4.69) is 10.1 Å². The summed E-state index contributed by atoms with van der Waals surface area (Å²) in [6.45, 7) is 12.9. The van der Waals surface area contributed by atoms with Gasteiger partial charge in [0.2, 0.25) is 17.3 Å². The van der Waals surface area contributed by atoms with E-state index in [1.54, 1.807) is 58.2 Å². The van der Waals surface area contributed by atoms with E-state index < -0.39 is 29.1 Å². The molecule has 2 heterocycles. The number of aryl methyl sites for hydroxylation is 1. The lowest BCUT2D eigenvalue weighted by molar-refractivity contribution is 0.0562. The molecule has 0 fully saturated rings. The summed E-state index contributed by atoms with van der Waals surface area (Å²) in [5.41, 5.74) is 0.468. The average Bonchev–Trinajstić information content (AvgIpc) is 3.08. The first-order chi connectivity index (χ1) is 15.3. The van der Waals surface area contributed by atoms with E-state index in [-0.39, 0.29) is 16.9 Å².